The normalized spacial score (nSPS) is 16.3. The molecule has 1 aromatic carbocycles. The number of aryl methyl sites for hydroxylation is 2. The molecule has 0 radical (unpaired) electrons. The number of carbonyl (C=O) groups is 1. The summed E-state index contributed by atoms with van der Waals surface area (Å²) in [4.78, 5) is 13.8. The van der Waals surface area contributed by atoms with Gasteiger partial charge in [-0.05, 0) is 56.6 Å². The molecule has 0 spiro atoms. The third kappa shape index (κ3) is 7.05. The second-order valence-corrected chi connectivity index (χ2v) is 8.21. The lowest BCUT2D eigenvalue weighted by atomic mass is 9.97. The number of hydrogen-bond donors (Lipinski definition) is 2. The van der Waals surface area contributed by atoms with Crippen molar-refractivity contribution in [2.24, 2.45) is 13.0 Å². The first-order valence-electron chi connectivity index (χ1n) is 10.8. The third-order valence-electron chi connectivity index (χ3n) is 5.76. The molecule has 1 atom stereocenters. The molecule has 170 valence electrons. The molecule has 0 saturated carbocycles. The third-order valence-corrected chi connectivity index (χ3v) is 5.76. The summed E-state index contributed by atoms with van der Waals surface area (Å²) in [6, 6.07) is 9.98. The lowest BCUT2D eigenvalue weighted by Gasteiger charge is -2.31. The van der Waals surface area contributed by atoms with Crippen molar-refractivity contribution in [2.45, 2.75) is 39.0 Å². The van der Waals surface area contributed by atoms with Gasteiger partial charge in [-0.3, -0.25) is 9.48 Å². The summed E-state index contributed by atoms with van der Waals surface area (Å²) in [7, 11) is 3.38. The molecular weight excluding hydrogens is 396 g/mol. The molecule has 1 saturated heterocycles. The van der Waals surface area contributed by atoms with Gasteiger partial charge in [0.2, 0.25) is 0 Å². The van der Waals surface area contributed by atoms with Gasteiger partial charge in [0.05, 0.1) is 18.7 Å². The van der Waals surface area contributed by atoms with E-state index in [1.165, 1.54) is 7.11 Å². The van der Waals surface area contributed by atoms with E-state index in [9.17, 15) is 9.90 Å². The molecule has 1 unspecified atom stereocenters. The predicted octanol–water partition coefficient (Wildman–Crippen LogP) is 1.64. The summed E-state index contributed by atoms with van der Waals surface area (Å²) in [6.07, 6.45) is 0.976. The summed E-state index contributed by atoms with van der Waals surface area (Å²) >= 11 is 0. The fraction of sp³-hybridized carbons (Fsp3) is 0.565. The number of aliphatic hydroxyl groups excluding tert-OH is 1. The summed E-state index contributed by atoms with van der Waals surface area (Å²) < 4.78 is 12.4. The van der Waals surface area contributed by atoms with Gasteiger partial charge in [0.15, 0.2) is 0 Å². The molecule has 2 aromatic rings. The highest BCUT2D eigenvalue weighted by Crippen LogP contribution is 2.19. The van der Waals surface area contributed by atoms with Crippen molar-refractivity contribution < 1.29 is 19.4 Å². The van der Waals surface area contributed by atoms with Crippen LogP contribution >= 0.6 is 0 Å². The van der Waals surface area contributed by atoms with Crippen LogP contribution in [0.5, 0.6) is 5.75 Å². The Morgan fingerprint density at radius 1 is 1.26 bits per heavy atom. The minimum absolute atomic E-state index is 0.0179. The molecule has 0 amide bonds. The Bertz CT molecular complexity index is 809. The highest BCUT2D eigenvalue weighted by molar-refractivity contribution is 5.72. The average molecular weight is 431 g/mol. The highest BCUT2D eigenvalue weighted by atomic mass is 16.5. The second kappa shape index (κ2) is 11.3. The van der Waals surface area contributed by atoms with E-state index in [0.29, 0.717) is 6.54 Å². The smallest absolute Gasteiger partial charge is 0.308 e. The standard InChI is InChI=1S/C23H34N4O4/c1-17-12-20(25-26(17)2)14-24-13-18-4-6-22(7-5-18)31-16-21(28)15-27-10-8-19(9-11-27)23(29)30-3/h4-7,12,19,21,24,28H,8-11,13-16H2,1-3H3. The Hall–Kier alpha value is -2.42. The van der Waals surface area contributed by atoms with E-state index in [-0.39, 0.29) is 18.5 Å². The van der Waals surface area contributed by atoms with Gasteiger partial charge >= 0.3 is 5.97 Å². The fourth-order valence-corrected chi connectivity index (χ4v) is 3.82. The van der Waals surface area contributed by atoms with Crippen LogP contribution in [-0.4, -0.2) is 65.2 Å². The van der Waals surface area contributed by atoms with Crippen LogP contribution in [0, 0.1) is 12.8 Å². The van der Waals surface area contributed by atoms with E-state index < -0.39 is 6.10 Å². The van der Waals surface area contributed by atoms with E-state index in [2.05, 4.69) is 21.4 Å². The van der Waals surface area contributed by atoms with Crippen molar-refractivity contribution in [2.75, 3.05) is 33.4 Å². The van der Waals surface area contributed by atoms with Gasteiger partial charge in [-0.2, -0.15) is 5.10 Å². The molecule has 31 heavy (non-hydrogen) atoms. The fourth-order valence-electron chi connectivity index (χ4n) is 3.82. The van der Waals surface area contributed by atoms with E-state index >= 15 is 0 Å². The SMILES string of the molecule is COC(=O)C1CCN(CC(O)COc2ccc(CNCc3cc(C)n(C)n3)cc2)CC1. The minimum Gasteiger partial charge on any atom is -0.491 e. The van der Waals surface area contributed by atoms with Gasteiger partial charge in [0.1, 0.15) is 18.5 Å². The summed E-state index contributed by atoms with van der Waals surface area (Å²) in [5.74, 6) is 0.595. The zero-order valence-corrected chi connectivity index (χ0v) is 18.7. The van der Waals surface area contributed by atoms with E-state index in [1.807, 2.05) is 42.9 Å². The Morgan fingerprint density at radius 2 is 1.97 bits per heavy atom. The number of methoxy groups -OCH3 is 1. The molecule has 2 N–H and O–H groups in total. The van der Waals surface area contributed by atoms with Crippen LogP contribution < -0.4 is 10.1 Å². The number of piperidine rings is 1. The largest absolute Gasteiger partial charge is 0.491 e. The molecule has 2 heterocycles. The molecule has 1 aliphatic heterocycles. The van der Waals surface area contributed by atoms with Crippen LogP contribution in [0.4, 0.5) is 0 Å². The molecule has 8 nitrogen and oxygen atoms in total. The van der Waals surface area contributed by atoms with Crippen molar-refractivity contribution in [3.8, 4) is 5.75 Å². The van der Waals surface area contributed by atoms with E-state index in [4.69, 9.17) is 9.47 Å². The van der Waals surface area contributed by atoms with Gasteiger partial charge in [-0.15, -0.1) is 0 Å². The summed E-state index contributed by atoms with van der Waals surface area (Å²) in [5.41, 5.74) is 3.34. The van der Waals surface area contributed by atoms with Crippen LogP contribution in [0.2, 0.25) is 0 Å². The first kappa shape index (κ1) is 23.2. The number of benzene rings is 1. The van der Waals surface area contributed by atoms with Gasteiger partial charge in [0, 0.05) is 32.4 Å². The van der Waals surface area contributed by atoms with Gasteiger partial charge in [-0.25, -0.2) is 0 Å². The van der Waals surface area contributed by atoms with Crippen LogP contribution in [0.1, 0.15) is 29.8 Å². The van der Waals surface area contributed by atoms with Gasteiger partial charge < -0.3 is 24.8 Å². The topological polar surface area (TPSA) is 88.9 Å². The lowest BCUT2D eigenvalue weighted by molar-refractivity contribution is -0.147. The van der Waals surface area contributed by atoms with E-state index in [0.717, 1.165) is 61.7 Å². The van der Waals surface area contributed by atoms with Crippen LogP contribution in [0.15, 0.2) is 30.3 Å². The number of likely N-dealkylation sites (tertiary alicyclic amines) is 1. The Balaban J connectivity index is 1.33. The number of nitrogens with one attached hydrogen (secondary N) is 1. The maximum absolute atomic E-state index is 11.6. The number of hydrogen-bond acceptors (Lipinski definition) is 7. The van der Waals surface area contributed by atoms with Gasteiger partial charge in [0.25, 0.3) is 0 Å². The number of nitrogens with zero attached hydrogens (tertiary/aromatic N) is 3. The molecule has 8 heteroatoms. The van der Waals surface area contributed by atoms with Crippen molar-refractivity contribution in [1.82, 2.24) is 20.0 Å². The maximum Gasteiger partial charge on any atom is 0.308 e. The minimum atomic E-state index is -0.571. The molecule has 1 fully saturated rings. The summed E-state index contributed by atoms with van der Waals surface area (Å²) in [5, 5.41) is 18.1. The van der Waals surface area contributed by atoms with Crippen molar-refractivity contribution in [1.29, 1.82) is 0 Å². The molecule has 0 aliphatic carbocycles. The van der Waals surface area contributed by atoms with Crippen molar-refractivity contribution >= 4 is 5.97 Å². The molecule has 3 rings (SSSR count). The Labute approximate surface area is 184 Å². The number of β-amino-alcohol motifs (C(OH)–C–C–N with tert-alkyl or cyclic N) is 1. The lowest BCUT2D eigenvalue weighted by Crippen LogP contribution is -2.42. The molecule has 1 aliphatic rings. The molecular formula is C23H34N4O4. The number of esters is 1. The number of aromatic nitrogens is 2. The van der Waals surface area contributed by atoms with Crippen molar-refractivity contribution in [3.05, 3.63) is 47.3 Å². The quantitative estimate of drug-likeness (QED) is 0.554. The second-order valence-electron chi connectivity index (χ2n) is 8.21. The molecule has 0 bridgehead atoms. The maximum atomic E-state index is 11.6. The Kier molecular flexibility index (Phi) is 8.45. The first-order chi connectivity index (χ1) is 14.9. The number of ether oxygens (including phenoxy) is 2. The predicted molar refractivity (Wildman–Crippen MR) is 118 cm³/mol. The van der Waals surface area contributed by atoms with Crippen molar-refractivity contribution in [3.63, 3.8) is 0 Å². The highest BCUT2D eigenvalue weighted by Gasteiger charge is 2.26. The average Bonchev–Trinajstić information content (AvgIpc) is 3.10. The van der Waals surface area contributed by atoms with Crippen LogP contribution in [-0.2, 0) is 29.7 Å². The number of aliphatic hydroxyl groups is 1. The van der Waals surface area contributed by atoms with E-state index in [1.54, 1.807) is 0 Å². The zero-order valence-electron chi connectivity index (χ0n) is 18.7. The number of rotatable bonds is 10. The van der Waals surface area contributed by atoms with Crippen LogP contribution in [0.25, 0.3) is 0 Å². The summed E-state index contributed by atoms with van der Waals surface area (Å²) in [6.45, 7) is 5.88. The van der Waals surface area contributed by atoms with Crippen LogP contribution in [0.3, 0.4) is 0 Å². The number of carbonyl (C=O) groups excluding carboxylic acids is 1. The molecule has 1 aromatic heterocycles. The zero-order chi connectivity index (χ0) is 22.2. The Morgan fingerprint density at radius 3 is 2.58 bits per heavy atom. The van der Waals surface area contributed by atoms with Gasteiger partial charge in [-0.1, -0.05) is 12.1 Å². The first-order valence-corrected chi connectivity index (χ1v) is 10.8. The monoisotopic (exact) mass is 430 g/mol.